The van der Waals surface area contributed by atoms with E-state index in [4.69, 9.17) is 9.47 Å². The molecular formula is C12H18O2. The molecule has 1 fully saturated rings. The largest absolute Gasteiger partial charge is 0.347 e. The molecule has 0 N–H and O–H groups in total. The molecule has 2 nitrogen and oxygen atoms in total. The number of ether oxygens (including phenoxy) is 2. The highest BCUT2D eigenvalue weighted by molar-refractivity contribution is 4.92. The van der Waals surface area contributed by atoms with Gasteiger partial charge in [-0.1, -0.05) is 18.2 Å². The molecule has 0 bridgehead atoms. The first-order valence-corrected chi connectivity index (χ1v) is 4.91. The Balaban J connectivity index is 2.57. The lowest BCUT2D eigenvalue weighted by molar-refractivity contribution is -0.162. The summed E-state index contributed by atoms with van der Waals surface area (Å²) in [5, 5.41) is 0. The zero-order valence-corrected chi connectivity index (χ0v) is 8.58. The highest BCUT2D eigenvalue weighted by Gasteiger charge is 2.38. The summed E-state index contributed by atoms with van der Waals surface area (Å²) in [5.74, 6) is -0.517. The van der Waals surface area contributed by atoms with E-state index in [0.29, 0.717) is 19.4 Å². The van der Waals surface area contributed by atoms with Crippen LogP contribution in [-0.4, -0.2) is 18.5 Å². The second-order valence-corrected chi connectivity index (χ2v) is 3.47. The van der Waals surface area contributed by atoms with Crippen molar-refractivity contribution >= 4 is 0 Å². The van der Waals surface area contributed by atoms with Crippen LogP contribution in [0.1, 0.15) is 19.3 Å². The van der Waals surface area contributed by atoms with Gasteiger partial charge in [0.05, 0.1) is 12.7 Å². The van der Waals surface area contributed by atoms with Crippen molar-refractivity contribution in [3.05, 3.63) is 38.0 Å². The average Bonchev–Trinajstić information content (AvgIpc) is 2.51. The molecule has 0 aromatic carbocycles. The first-order valence-electron chi connectivity index (χ1n) is 4.91. The van der Waals surface area contributed by atoms with Gasteiger partial charge in [-0.05, 0) is 6.42 Å². The summed E-state index contributed by atoms with van der Waals surface area (Å²) < 4.78 is 11.5. The summed E-state index contributed by atoms with van der Waals surface area (Å²) >= 11 is 0. The highest BCUT2D eigenvalue weighted by Crippen LogP contribution is 2.32. The van der Waals surface area contributed by atoms with E-state index in [1.807, 2.05) is 18.2 Å². The van der Waals surface area contributed by atoms with Gasteiger partial charge in [0, 0.05) is 12.8 Å². The molecule has 0 aromatic heterocycles. The van der Waals surface area contributed by atoms with Crippen LogP contribution in [-0.2, 0) is 9.47 Å². The topological polar surface area (TPSA) is 18.5 Å². The molecule has 1 saturated heterocycles. The fourth-order valence-corrected chi connectivity index (χ4v) is 1.66. The van der Waals surface area contributed by atoms with Crippen LogP contribution in [0.2, 0.25) is 0 Å². The van der Waals surface area contributed by atoms with Crippen molar-refractivity contribution in [1.82, 2.24) is 0 Å². The van der Waals surface area contributed by atoms with E-state index >= 15 is 0 Å². The SMILES string of the molecule is C=CCC1COC(CC=C)(CC=C)O1. The Morgan fingerprint density at radius 3 is 2.29 bits per heavy atom. The average molecular weight is 194 g/mol. The number of hydrogen-bond acceptors (Lipinski definition) is 2. The zero-order valence-electron chi connectivity index (χ0n) is 8.58. The fourth-order valence-electron chi connectivity index (χ4n) is 1.66. The normalized spacial score (nSPS) is 24.4. The van der Waals surface area contributed by atoms with Gasteiger partial charge in [0.1, 0.15) is 0 Å². The second kappa shape index (κ2) is 5.13. The Hall–Kier alpha value is -0.860. The molecule has 0 aromatic rings. The monoisotopic (exact) mass is 194 g/mol. The minimum absolute atomic E-state index is 0.132. The smallest absolute Gasteiger partial charge is 0.175 e. The van der Waals surface area contributed by atoms with Crippen LogP contribution in [0.15, 0.2) is 38.0 Å². The van der Waals surface area contributed by atoms with Gasteiger partial charge in [0.15, 0.2) is 5.79 Å². The summed E-state index contributed by atoms with van der Waals surface area (Å²) in [6.45, 7) is 11.7. The van der Waals surface area contributed by atoms with Gasteiger partial charge >= 0.3 is 0 Å². The lowest BCUT2D eigenvalue weighted by Gasteiger charge is -2.25. The van der Waals surface area contributed by atoms with E-state index in [1.54, 1.807) is 0 Å². The molecule has 1 atom stereocenters. The van der Waals surface area contributed by atoms with Crippen LogP contribution in [0.25, 0.3) is 0 Å². The molecule has 0 amide bonds. The van der Waals surface area contributed by atoms with Crippen molar-refractivity contribution in [2.75, 3.05) is 6.61 Å². The number of hydrogen-bond donors (Lipinski definition) is 0. The van der Waals surface area contributed by atoms with Crippen molar-refractivity contribution in [2.45, 2.75) is 31.2 Å². The van der Waals surface area contributed by atoms with Crippen molar-refractivity contribution in [3.63, 3.8) is 0 Å². The Morgan fingerprint density at radius 1 is 1.14 bits per heavy atom. The van der Waals surface area contributed by atoms with Crippen LogP contribution in [0.4, 0.5) is 0 Å². The van der Waals surface area contributed by atoms with Crippen LogP contribution >= 0.6 is 0 Å². The van der Waals surface area contributed by atoms with E-state index < -0.39 is 5.79 Å². The summed E-state index contributed by atoms with van der Waals surface area (Å²) in [6.07, 6.45) is 7.85. The molecule has 78 valence electrons. The maximum Gasteiger partial charge on any atom is 0.175 e. The van der Waals surface area contributed by atoms with E-state index in [1.165, 1.54) is 0 Å². The minimum atomic E-state index is -0.517. The standard InChI is InChI=1S/C12H18O2/c1-4-7-11-10-13-12(14-11,8-5-2)9-6-3/h4-6,11H,1-3,7-10H2. The lowest BCUT2D eigenvalue weighted by atomic mass is 10.1. The third-order valence-electron chi connectivity index (χ3n) is 2.25. The maximum atomic E-state index is 5.83. The molecule has 0 radical (unpaired) electrons. The van der Waals surface area contributed by atoms with Crippen LogP contribution < -0.4 is 0 Å². The van der Waals surface area contributed by atoms with Gasteiger partial charge in [0.25, 0.3) is 0 Å². The van der Waals surface area contributed by atoms with Gasteiger partial charge in [-0.25, -0.2) is 0 Å². The number of rotatable bonds is 6. The summed E-state index contributed by atoms with van der Waals surface area (Å²) in [5.41, 5.74) is 0. The molecule has 0 spiro atoms. The first-order chi connectivity index (χ1) is 6.76. The highest BCUT2D eigenvalue weighted by atomic mass is 16.7. The van der Waals surface area contributed by atoms with Crippen LogP contribution in [0, 0.1) is 0 Å². The van der Waals surface area contributed by atoms with Crippen molar-refractivity contribution in [1.29, 1.82) is 0 Å². The molecule has 2 heteroatoms. The van der Waals surface area contributed by atoms with Crippen LogP contribution in [0.3, 0.4) is 0 Å². The summed E-state index contributed by atoms with van der Waals surface area (Å²) in [4.78, 5) is 0. The molecule has 1 unspecified atom stereocenters. The molecule has 1 aliphatic rings. The van der Waals surface area contributed by atoms with Crippen molar-refractivity contribution in [3.8, 4) is 0 Å². The quantitative estimate of drug-likeness (QED) is 0.605. The molecule has 0 saturated carbocycles. The van der Waals surface area contributed by atoms with Gasteiger partial charge < -0.3 is 9.47 Å². The summed E-state index contributed by atoms with van der Waals surface area (Å²) in [6, 6.07) is 0. The van der Waals surface area contributed by atoms with Crippen LogP contribution in [0.5, 0.6) is 0 Å². The summed E-state index contributed by atoms with van der Waals surface area (Å²) in [7, 11) is 0. The zero-order chi connectivity index (χ0) is 10.4. The Morgan fingerprint density at radius 2 is 1.79 bits per heavy atom. The Bertz CT molecular complexity index is 210. The third kappa shape index (κ3) is 2.56. The molecule has 0 aliphatic carbocycles. The lowest BCUT2D eigenvalue weighted by Crippen LogP contribution is -2.29. The van der Waals surface area contributed by atoms with Crippen molar-refractivity contribution < 1.29 is 9.47 Å². The predicted octanol–water partition coefficient (Wildman–Crippen LogP) is 2.83. The Labute approximate surface area is 85.9 Å². The third-order valence-corrected chi connectivity index (χ3v) is 2.25. The van der Waals surface area contributed by atoms with E-state index in [2.05, 4.69) is 19.7 Å². The van der Waals surface area contributed by atoms with Gasteiger partial charge in [0.2, 0.25) is 0 Å². The van der Waals surface area contributed by atoms with E-state index in [9.17, 15) is 0 Å². The first kappa shape index (κ1) is 11.2. The molecule has 14 heavy (non-hydrogen) atoms. The van der Waals surface area contributed by atoms with Gasteiger partial charge in [-0.3, -0.25) is 0 Å². The van der Waals surface area contributed by atoms with E-state index in [0.717, 1.165) is 6.42 Å². The minimum Gasteiger partial charge on any atom is -0.347 e. The second-order valence-electron chi connectivity index (χ2n) is 3.47. The molecule has 1 heterocycles. The van der Waals surface area contributed by atoms with Gasteiger partial charge in [-0.15, -0.1) is 19.7 Å². The predicted molar refractivity (Wildman–Crippen MR) is 58.0 cm³/mol. The molecule has 1 aliphatic heterocycles. The van der Waals surface area contributed by atoms with Gasteiger partial charge in [-0.2, -0.15) is 0 Å². The van der Waals surface area contributed by atoms with E-state index in [-0.39, 0.29) is 6.10 Å². The maximum absolute atomic E-state index is 5.83. The Kier molecular flexibility index (Phi) is 4.11. The molecule has 1 rings (SSSR count). The fraction of sp³-hybridized carbons (Fsp3) is 0.500. The molecular weight excluding hydrogens is 176 g/mol. The van der Waals surface area contributed by atoms with Crippen molar-refractivity contribution in [2.24, 2.45) is 0 Å².